The van der Waals surface area contributed by atoms with Crippen molar-refractivity contribution in [1.29, 1.82) is 0 Å². The highest BCUT2D eigenvalue weighted by atomic mass is 19.1. The standard InChI is InChI=1S/C15H11FO4/c1-9-8-13(18)14(15(19)20-9)12(17)7-4-10-2-5-11(16)6-3-10/h2-8,14H,1H3/b7-4+/t14-/m1/s1. The zero-order valence-corrected chi connectivity index (χ0v) is 10.6. The van der Waals surface area contributed by atoms with Crippen LogP contribution in [0, 0.1) is 11.7 Å². The molecule has 0 aliphatic carbocycles. The van der Waals surface area contributed by atoms with Crippen molar-refractivity contribution in [1.82, 2.24) is 0 Å². The Balaban J connectivity index is 2.14. The zero-order chi connectivity index (χ0) is 14.7. The maximum absolute atomic E-state index is 12.7. The lowest BCUT2D eigenvalue weighted by atomic mass is 9.96. The molecule has 4 nitrogen and oxygen atoms in total. The van der Waals surface area contributed by atoms with Gasteiger partial charge >= 0.3 is 5.97 Å². The van der Waals surface area contributed by atoms with Gasteiger partial charge in [-0.1, -0.05) is 18.2 Å². The molecule has 1 aliphatic heterocycles. The summed E-state index contributed by atoms with van der Waals surface area (Å²) in [5, 5.41) is 0. The molecule has 20 heavy (non-hydrogen) atoms. The molecule has 1 atom stereocenters. The molecule has 0 saturated carbocycles. The first-order valence-electron chi connectivity index (χ1n) is 5.89. The van der Waals surface area contributed by atoms with Crippen molar-refractivity contribution in [3.05, 3.63) is 53.6 Å². The molecule has 0 aromatic heterocycles. The minimum atomic E-state index is -1.45. The quantitative estimate of drug-likeness (QED) is 0.481. The van der Waals surface area contributed by atoms with Crippen LogP contribution >= 0.6 is 0 Å². The lowest BCUT2D eigenvalue weighted by molar-refractivity contribution is -0.151. The lowest BCUT2D eigenvalue weighted by Crippen LogP contribution is -2.34. The topological polar surface area (TPSA) is 60.4 Å². The number of allylic oxidation sites excluding steroid dienone is 3. The molecule has 0 unspecified atom stereocenters. The van der Waals surface area contributed by atoms with E-state index in [4.69, 9.17) is 4.74 Å². The lowest BCUT2D eigenvalue weighted by Gasteiger charge is -2.15. The van der Waals surface area contributed by atoms with Crippen LogP contribution in [-0.4, -0.2) is 17.5 Å². The first-order valence-corrected chi connectivity index (χ1v) is 5.89. The summed E-state index contributed by atoms with van der Waals surface area (Å²) < 4.78 is 17.5. The Hall–Kier alpha value is -2.56. The summed E-state index contributed by atoms with van der Waals surface area (Å²) in [5.74, 6) is -3.79. The number of carbonyl (C=O) groups is 3. The molecule has 102 valence electrons. The number of ketones is 2. The summed E-state index contributed by atoms with van der Waals surface area (Å²) >= 11 is 0. The number of ether oxygens (including phenoxy) is 1. The molecular weight excluding hydrogens is 263 g/mol. The van der Waals surface area contributed by atoms with Gasteiger partial charge in [0, 0.05) is 6.08 Å². The minimum Gasteiger partial charge on any atom is -0.430 e. The van der Waals surface area contributed by atoms with Gasteiger partial charge < -0.3 is 4.74 Å². The first kappa shape index (κ1) is 13.9. The van der Waals surface area contributed by atoms with E-state index in [0.29, 0.717) is 5.56 Å². The summed E-state index contributed by atoms with van der Waals surface area (Å²) in [5.41, 5.74) is 0.586. The van der Waals surface area contributed by atoms with Gasteiger partial charge in [0.1, 0.15) is 11.6 Å². The highest BCUT2D eigenvalue weighted by molar-refractivity contribution is 6.25. The second-order valence-corrected chi connectivity index (χ2v) is 4.30. The number of carbonyl (C=O) groups excluding carboxylic acids is 3. The van der Waals surface area contributed by atoms with Crippen LogP contribution in [0.3, 0.4) is 0 Å². The van der Waals surface area contributed by atoms with Gasteiger partial charge in [-0.3, -0.25) is 14.4 Å². The van der Waals surface area contributed by atoms with Gasteiger partial charge in [-0.2, -0.15) is 0 Å². The molecule has 0 N–H and O–H groups in total. The molecule has 0 fully saturated rings. The van der Waals surface area contributed by atoms with Gasteiger partial charge in [0.05, 0.1) is 0 Å². The van der Waals surface area contributed by atoms with Crippen molar-refractivity contribution in [3.63, 3.8) is 0 Å². The van der Waals surface area contributed by atoms with Gasteiger partial charge in [-0.25, -0.2) is 4.39 Å². The molecule has 2 rings (SSSR count). The van der Waals surface area contributed by atoms with E-state index in [0.717, 1.165) is 12.2 Å². The van der Waals surface area contributed by atoms with E-state index in [1.165, 1.54) is 37.3 Å². The Labute approximate surface area is 114 Å². The van der Waals surface area contributed by atoms with Crippen molar-refractivity contribution >= 4 is 23.6 Å². The van der Waals surface area contributed by atoms with Crippen LogP contribution in [0.4, 0.5) is 4.39 Å². The first-order chi connectivity index (χ1) is 9.47. The average molecular weight is 274 g/mol. The smallest absolute Gasteiger partial charge is 0.329 e. The van der Waals surface area contributed by atoms with Crippen LogP contribution in [0.15, 0.2) is 42.2 Å². The number of cyclic esters (lactones) is 1. The Morgan fingerprint density at radius 2 is 1.90 bits per heavy atom. The highest BCUT2D eigenvalue weighted by Gasteiger charge is 2.36. The summed E-state index contributed by atoms with van der Waals surface area (Å²) in [6, 6.07) is 5.45. The largest absolute Gasteiger partial charge is 0.430 e. The van der Waals surface area contributed by atoms with E-state index >= 15 is 0 Å². The van der Waals surface area contributed by atoms with E-state index in [-0.39, 0.29) is 11.6 Å². The van der Waals surface area contributed by atoms with Crippen molar-refractivity contribution in [2.24, 2.45) is 5.92 Å². The van der Waals surface area contributed by atoms with Crippen molar-refractivity contribution in [3.8, 4) is 0 Å². The number of esters is 1. The average Bonchev–Trinajstić information content (AvgIpc) is 2.37. The summed E-state index contributed by atoms with van der Waals surface area (Å²) in [4.78, 5) is 35.0. The fraction of sp³-hybridized carbons (Fsp3) is 0.133. The monoisotopic (exact) mass is 274 g/mol. The Morgan fingerprint density at radius 1 is 1.25 bits per heavy atom. The van der Waals surface area contributed by atoms with Crippen LogP contribution in [0.25, 0.3) is 6.08 Å². The van der Waals surface area contributed by atoms with Crippen LogP contribution in [-0.2, 0) is 19.1 Å². The molecule has 1 aliphatic rings. The van der Waals surface area contributed by atoms with Crippen LogP contribution in [0.1, 0.15) is 12.5 Å². The Bertz CT molecular complexity index is 626. The molecule has 1 aromatic rings. The predicted molar refractivity (Wildman–Crippen MR) is 68.8 cm³/mol. The van der Waals surface area contributed by atoms with E-state index in [1.54, 1.807) is 0 Å². The normalized spacial score (nSPS) is 18.9. The fourth-order valence-electron chi connectivity index (χ4n) is 1.75. The number of hydrogen-bond donors (Lipinski definition) is 0. The molecule has 0 saturated heterocycles. The minimum absolute atomic E-state index is 0.173. The third-order valence-corrected chi connectivity index (χ3v) is 2.72. The summed E-state index contributed by atoms with van der Waals surface area (Å²) in [7, 11) is 0. The van der Waals surface area contributed by atoms with E-state index in [1.807, 2.05) is 0 Å². The fourth-order valence-corrected chi connectivity index (χ4v) is 1.75. The summed E-state index contributed by atoms with van der Waals surface area (Å²) in [6.07, 6.45) is 3.65. The Kier molecular flexibility index (Phi) is 3.89. The second kappa shape index (κ2) is 5.61. The maximum atomic E-state index is 12.7. The molecule has 0 bridgehead atoms. The van der Waals surface area contributed by atoms with E-state index in [2.05, 4.69) is 0 Å². The third-order valence-electron chi connectivity index (χ3n) is 2.72. The molecule has 1 heterocycles. The Morgan fingerprint density at radius 3 is 2.50 bits per heavy atom. The molecule has 1 aromatic carbocycles. The number of halogens is 1. The zero-order valence-electron chi connectivity index (χ0n) is 10.6. The van der Waals surface area contributed by atoms with Crippen molar-refractivity contribution in [2.45, 2.75) is 6.92 Å². The molecule has 0 spiro atoms. The van der Waals surface area contributed by atoms with Crippen LogP contribution < -0.4 is 0 Å². The van der Waals surface area contributed by atoms with Gasteiger partial charge in [-0.15, -0.1) is 0 Å². The molecule has 5 heteroatoms. The van der Waals surface area contributed by atoms with Gasteiger partial charge in [-0.05, 0) is 30.7 Å². The van der Waals surface area contributed by atoms with Crippen molar-refractivity contribution < 1.29 is 23.5 Å². The number of rotatable bonds is 3. The molecule has 0 radical (unpaired) electrons. The highest BCUT2D eigenvalue weighted by Crippen LogP contribution is 2.16. The van der Waals surface area contributed by atoms with Crippen molar-refractivity contribution in [2.75, 3.05) is 0 Å². The SMILES string of the molecule is CC1=CC(=O)[C@@H](C(=O)/C=C/c2ccc(F)cc2)C(=O)O1. The number of benzene rings is 1. The second-order valence-electron chi connectivity index (χ2n) is 4.30. The van der Waals surface area contributed by atoms with E-state index < -0.39 is 23.5 Å². The number of hydrogen-bond acceptors (Lipinski definition) is 4. The van der Waals surface area contributed by atoms with Gasteiger partial charge in [0.2, 0.25) is 0 Å². The van der Waals surface area contributed by atoms with E-state index in [9.17, 15) is 18.8 Å². The third kappa shape index (κ3) is 3.06. The molecule has 0 amide bonds. The van der Waals surface area contributed by atoms with Crippen LogP contribution in [0.2, 0.25) is 0 Å². The summed E-state index contributed by atoms with van der Waals surface area (Å²) in [6.45, 7) is 1.46. The predicted octanol–water partition coefficient (Wildman–Crippen LogP) is 2.05. The van der Waals surface area contributed by atoms with Crippen LogP contribution in [0.5, 0.6) is 0 Å². The van der Waals surface area contributed by atoms with Gasteiger partial charge in [0.15, 0.2) is 17.5 Å². The maximum Gasteiger partial charge on any atom is 0.329 e. The molecular formula is C15H11FO4. The van der Waals surface area contributed by atoms with Gasteiger partial charge in [0.25, 0.3) is 0 Å².